The van der Waals surface area contributed by atoms with Gasteiger partial charge in [0.2, 0.25) is 0 Å². The molecule has 1 aromatic heterocycles. The molecule has 0 atom stereocenters. The van der Waals surface area contributed by atoms with Crippen molar-refractivity contribution in [3.63, 3.8) is 0 Å². The predicted octanol–water partition coefficient (Wildman–Crippen LogP) is 2.29. The van der Waals surface area contributed by atoms with E-state index in [9.17, 15) is 14.3 Å². The first-order valence-electron chi connectivity index (χ1n) is 11.0. The zero-order valence-electron chi connectivity index (χ0n) is 17.4. The van der Waals surface area contributed by atoms with Crippen LogP contribution in [0.4, 0.5) is 4.39 Å². The third-order valence-electron chi connectivity index (χ3n) is 7.07. The molecule has 1 fully saturated rings. The van der Waals surface area contributed by atoms with E-state index in [2.05, 4.69) is 0 Å². The Morgan fingerprint density at radius 3 is 2.83 bits per heavy atom. The number of benzene rings is 1. The Labute approximate surface area is 175 Å². The van der Waals surface area contributed by atoms with Crippen LogP contribution in [-0.4, -0.2) is 39.5 Å². The Morgan fingerprint density at radius 1 is 1.27 bits per heavy atom. The molecule has 5 heterocycles. The predicted molar refractivity (Wildman–Crippen MR) is 110 cm³/mol. The van der Waals surface area contributed by atoms with E-state index < -0.39 is 5.82 Å². The molecule has 6 rings (SSSR count). The second-order valence-electron chi connectivity index (χ2n) is 8.92. The smallest absolute Gasteiger partial charge is 0.257 e. The lowest BCUT2D eigenvalue weighted by Gasteiger charge is -2.44. The molecule has 0 N–H and O–H groups in total. The Morgan fingerprint density at radius 2 is 2.07 bits per heavy atom. The number of hydrogen-bond donors (Lipinski definition) is 0. The van der Waals surface area contributed by atoms with Crippen molar-refractivity contribution >= 4 is 5.71 Å². The Kier molecular flexibility index (Phi) is 4.73. The molecule has 0 radical (unpaired) electrons. The maximum atomic E-state index is 13.4. The van der Waals surface area contributed by atoms with Crippen LogP contribution < -0.4 is 10.7 Å². The minimum absolute atomic E-state index is 0.104. The lowest BCUT2D eigenvalue weighted by molar-refractivity contribution is -0.943. The highest BCUT2D eigenvalue weighted by Crippen LogP contribution is 2.36. The minimum Gasteiger partial charge on any atom is -0.872 e. The van der Waals surface area contributed by atoms with Crippen molar-refractivity contribution in [3.8, 4) is 5.75 Å². The van der Waals surface area contributed by atoms with E-state index in [1.54, 1.807) is 6.07 Å². The largest absolute Gasteiger partial charge is 0.872 e. The zero-order valence-corrected chi connectivity index (χ0v) is 17.4. The van der Waals surface area contributed by atoms with Crippen molar-refractivity contribution in [3.05, 3.63) is 57.0 Å². The summed E-state index contributed by atoms with van der Waals surface area (Å²) >= 11 is 0. The van der Waals surface area contributed by atoms with Gasteiger partial charge in [0.05, 0.1) is 0 Å². The summed E-state index contributed by atoms with van der Waals surface area (Å²) in [6, 6.07) is 3.95. The first-order valence-corrected chi connectivity index (χ1v) is 11.0. The summed E-state index contributed by atoms with van der Waals surface area (Å²) in [5, 5.41) is 17.4. The highest BCUT2D eigenvalue weighted by molar-refractivity contribution is 6.04. The second-order valence-corrected chi connectivity index (χ2v) is 8.92. The fourth-order valence-electron chi connectivity index (χ4n) is 5.33. The third kappa shape index (κ3) is 3.25. The first-order chi connectivity index (χ1) is 14.5. The topological polar surface area (TPSA) is 70.3 Å². The highest BCUT2D eigenvalue weighted by atomic mass is 19.1. The fraction of sp³-hybridized carbons (Fsp3) is 0.522. The maximum Gasteiger partial charge on any atom is 0.257 e. The molecule has 4 aliphatic heterocycles. The lowest BCUT2D eigenvalue weighted by Crippen LogP contribution is -2.56. The van der Waals surface area contributed by atoms with E-state index in [1.165, 1.54) is 6.07 Å². The van der Waals surface area contributed by atoms with Gasteiger partial charge in [-0.15, -0.1) is 0 Å². The van der Waals surface area contributed by atoms with E-state index >= 15 is 0 Å². The van der Waals surface area contributed by atoms with Gasteiger partial charge in [0.15, 0.2) is 0 Å². The van der Waals surface area contributed by atoms with E-state index in [4.69, 9.17) is 10.1 Å². The number of rotatable bonds is 4. The van der Waals surface area contributed by atoms with Crippen molar-refractivity contribution in [1.82, 2.24) is 9.55 Å². The molecule has 0 aliphatic carbocycles. The minimum atomic E-state index is -0.509. The molecule has 1 saturated heterocycles. The summed E-state index contributed by atoms with van der Waals surface area (Å²) in [7, 11) is 0. The molecular formula is C23H27FN4O2. The molecule has 2 aromatic rings. The summed E-state index contributed by atoms with van der Waals surface area (Å²) in [6.07, 6.45) is 5.57. The SMILES string of the molecule is Cc1nc2n(c(=O)c1CC[N+]13CCC(CC1)C(c1ccc(F)cc1[O-])=N3)CCCC2. The van der Waals surface area contributed by atoms with Crippen molar-refractivity contribution in [2.24, 2.45) is 11.0 Å². The number of halogens is 1. The Balaban J connectivity index is 1.44. The van der Waals surface area contributed by atoms with Crippen LogP contribution in [-0.2, 0) is 19.4 Å². The number of fused-ring (bicyclic) bond motifs is 3. The van der Waals surface area contributed by atoms with Crippen LogP contribution in [0.15, 0.2) is 28.1 Å². The molecule has 30 heavy (non-hydrogen) atoms. The van der Waals surface area contributed by atoms with Gasteiger partial charge >= 0.3 is 0 Å². The molecule has 0 spiro atoms. The highest BCUT2D eigenvalue weighted by Gasteiger charge is 2.43. The summed E-state index contributed by atoms with van der Waals surface area (Å²) in [5.41, 5.74) is 3.07. The molecule has 158 valence electrons. The molecule has 2 bridgehead atoms. The van der Waals surface area contributed by atoms with Crippen molar-refractivity contribution < 1.29 is 14.1 Å². The fourth-order valence-corrected chi connectivity index (χ4v) is 5.33. The summed E-state index contributed by atoms with van der Waals surface area (Å²) in [4.78, 5) is 17.8. The molecule has 0 amide bonds. The normalized spacial score (nSPS) is 25.1. The van der Waals surface area contributed by atoms with Gasteiger partial charge in [-0.1, -0.05) is 16.9 Å². The summed E-state index contributed by atoms with van der Waals surface area (Å²) in [5.74, 6) is 0.373. The quantitative estimate of drug-likeness (QED) is 0.726. The summed E-state index contributed by atoms with van der Waals surface area (Å²) < 4.78 is 15.8. The van der Waals surface area contributed by atoms with E-state index in [1.807, 2.05) is 11.5 Å². The van der Waals surface area contributed by atoms with Crippen molar-refractivity contribution in [1.29, 1.82) is 0 Å². The van der Waals surface area contributed by atoms with Gasteiger partial charge in [-0.05, 0) is 37.5 Å². The van der Waals surface area contributed by atoms with Gasteiger partial charge < -0.3 is 5.11 Å². The molecule has 6 nitrogen and oxygen atoms in total. The number of nitrogens with zero attached hydrogens (tertiary/aromatic N) is 4. The third-order valence-corrected chi connectivity index (χ3v) is 7.07. The number of aryl methyl sites for hydroxylation is 2. The number of quaternary nitrogens is 1. The van der Waals surface area contributed by atoms with Gasteiger partial charge in [-0.25, -0.2) is 9.37 Å². The van der Waals surface area contributed by atoms with Crippen LogP contribution >= 0.6 is 0 Å². The van der Waals surface area contributed by atoms with Crippen LogP contribution in [0.5, 0.6) is 5.75 Å². The average molecular weight is 410 g/mol. The van der Waals surface area contributed by atoms with Gasteiger partial charge in [0.25, 0.3) is 5.56 Å². The van der Waals surface area contributed by atoms with Crippen LogP contribution in [0.3, 0.4) is 0 Å². The lowest BCUT2D eigenvalue weighted by atomic mass is 9.85. The van der Waals surface area contributed by atoms with Crippen molar-refractivity contribution in [2.75, 3.05) is 19.6 Å². The van der Waals surface area contributed by atoms with Gasteiger partial charge in [0, 0.05) is 49.4 Å². The maximum absolute atomic E-state index is 13.4. The Bertz CT molecular complexity index is 1080. The first kappa shape index (κ1) is 19.4. The molecule has 0 saturated carbocycles. The average Bonchev–Trinajstić information content (AvgIpc) is 2.74. The van der Waals surface area contributed by atoms with Crippen LogP contribution in [0.2, 0.25) is 0 Å². The van der Waals surface area contributed by atoms with Crippen LogP contribution in [0.25, 0.3) is 0 Å². The molecular weight excluding hydrogens is 383 g/mol. The number of hydrogen-bond acceptors (Lipinski definition) is 4. The zero-order chi connectivity index (χ0) is 20.9. The summed E-state index contributed by atoms with van der Waals surface area (Å²) in [6.45, 7) is 5.26. The van der Waals surface area contributed by atoms with Crippen LogP contribution in [0, 0.1) is 18.7 Å². The molecule has 0 unspecified atom stereocenters. The number of aromatic nitrogens is 2. The standard InChI is InChI=1S/C23H27FN4O2/c1-15-18(23(30)27-10-3-2-4-21(27)25-15)9-13-28-11-7-16(8-12-28)22(26-28)19-6-5-17(24)14-20(19)29/h5-6,14,16H,2-4,7-13H2,1H3. The second kappa shape index (κ2) is 7.30. The van der Waals surface area contributed by atoms with E-state index in [-0.39, 0.29) is 17.2 Å². The van der Waals surface area contributed by atoms with E-state index in [0.29, 0.717) is 16.6 Å². The monoisotopic (exact) mass is 410 g/mol. The Hall–Kier alpha value is -2.54. The van der Waals surface area contributed by atoms with Crippen molar-refractivity contribution in [2.45, 2.75) is 52.0 Å². The van der Waals surface area contributed by atoms with Gasteiger partial charge in [-0.2, -0.15) is 4.59 Å². The van der Waals surface area contributed by atoms with Gasteiger partial charge in [-0.3, -0.25) is 9.36 Å². The van der Waals surface area contributed by atoms with Crippen LogP contribution in [0.1, 0.15) is 48.3 Å². The molecule has 7 heteroatoms. The molecule has 1 aromatic carbocycles. The molecule has 4 aliphatic rings. The van der Waals surface area contributed by atoms with Gasteiger partial charge in [0.1, 0.15) is 37.0 Å². The van der Waals surface area contributed by atoms with E-state index in [0.717, 1.165) is 87.1 Å². The number of piperidine rings is 1.